The van der Waals surface area contributed by atoms with Crippen LogP contribution < -0.4 is 10.6 Å². The number of likely N-dealkylation sites (tertiary alicyclic amines) is 1. The average molecular weight is 593 g/mol. The molecule has 226 valence electrons. The van der Waals surface area contributed by atoms with Crippen LogP contribution in [0.3, 0.4) is 0 Å². The molecule has 0 saturated carbocycles. The number of pyridine rings is 1. The van der Waals surface area contributed by atoms with Gasteiger partial charge in [-0.05, 0) is 56.4 Å². The number of fused-ring (bicyclic) bond motifs is 3. The van der Waals surface area contributed by atoms with Crippen molar-refractivity contribution in [3.8, 4) is 0 Å². The van der Waals surface area contributed by atoms with E-state index in [4.69, 9.17) is 14.5 Å². The first-order chi connectivity index (χ1) is 20.8. The first-order valence-electron chi connectivity index (χ1n) is 14.9. The van der Waals surface area contributed by atoms with Crippen LogP contribution in [0.25, 0.3) is 0 Å². The number of carbonyl (C=O) groups excluding carboxylic acids is 2. The Bertz CT molecular complexity index is 1560. The highest BCUT2D eigenvalue weighted by Crippen LogP contribution is 2.44. The van der Waals surface area contributed by atoms with Crippen LogP contribution in [0, 0.1) is 11.6 Å². The maximum atomic E-state index is 15.0. The van der Waals surface area contributed by atoms with Crippen molar-refractivity contribution in [1.29, 1.82) is 0 Å². The van der Waals surface area contributed by atoms with Gasteiger partial charge in [0.2, 0.25) is 0 Å². The molecule has 1 aromatic carbocycles. The molecule has 1 unspecified atom stereocenters. The van der Waals surface area contributed by atoms with E-state index in [2.05, 4.69) is 15.6 Å². The number of ether oxygens (including phenoxy) is 2. The number of hydrogen-bond donors (Lipinski definition) is 2. The number of hydrogen-bond acceptors (Lipinski definition) is 6. The highest BCUT2D eigenvalue weighted by molar-refractivity contribution is 5.87. The van der Waals surface area contributed by atoms with Crippen LogP contribution in [0.15, 0.2) is 42.7 Å². The normalized spacial score (nSPS) is 26.2. The monoisotopic (exact) mass is 592 g/mol. The SMILES string of the molecule is CC1(c2cnc3n2C[C@H](c2cccc(F)c2F)CC[C@H]3NC(=O)N2CCC3(CC2)OC(=O)Nc2ncccc23)CCCO1. The summed E-state index contributed by atoms with van der Waals surface area (Å²) in [6, 6.07) is 7.31. The minimum Gasteiger partial charge on any atom is -0.437 e. The zero-order valence-corrected chi connectivity index (χ0v) is 23.9. The number of urea groups is 1. The van der Waals surface area contributed by atoms with Gasteiger partial charge in [0.1, 0.15) is 22.8 Å². The summed E-state index contributed by atoms with van der Waals surface area (Å²) in [6.45, 7) is 3.83. The summed E-state index contributed by atoms with van der Waals surface area (Å²) in [5, 5.41) is 5.84. The van der Waals surface area contributed by atoms with Gasteiger partial charge in [-0.1, -0.05) is 12.1 Å². The number of benzene rings is 1. The number of nitrogens with zero attached hydrogens (tertiary/aromatic N) is 4. The van der Waals surface area contributed by atoms with Gasteiger partial charge < -0.3 is 24.3 Å². The lowest BCUT2D eigenvalue weighted by Crippen LogP contribution is -2.52. The molecule has 4 aliphatic heterocycles. The van der Waals surface area contributed by atoms with Gasteiger partial charge in [-0.25, -0.2) is 28.3 Å². The highest BCUT2D eigenvalue weighted by atomic mass is 19.2. The van der Waals surface area contributed by atoms with Crippen molar-refractivity contribution in [2.45, 2.75) is 75.2 Å². The molecule has 10 nitrogen and oxygen atoms in total. The summed E-state index contributed by atoms with van der Waals surface area (Å²) in [4.78, 5) is 36.7. The quantitative estimate of drug-likeness (QED) is 0.418. The van der Waals surface area contributed by atoms with Crippen molar-refractivity contribution in [3.63, 3.8) is 0 Å². The topological polar surface area (TPSA) is 111 Å². The fraction of sp³-hybridized carbons (Fsp3) is 0.484. The number of rotatable bonds is 3. The molecule has 3 aromatic rings. The second kappa shape index (κ2) is 10.6. The summed E-state index contributed by atoms with van der Waals surface area (Å²) in [5.74, 6) is -0.849. The summed E-state index contributed by atoms with van der Waals surface area (Å²) < 4.78 is 43.2. The van der Waals surface area contributed by atoms with E-state index in [1.807, 2.05) is 23.6 Å². The second-order valence-corrected chi connectivity index (χ2v) is 12.1. The van der Waals surface area contributed by atoms with E-state index in [9.17, 15) is 18.4 Å². The fourth-order valence-corrected chi connectivity index (χ4v) is 7.21. The van der Waals surface area contributed by atoms with Crippen molar-refractivity contribution < 1.29 is 27.8 Å². The molecule has 43 heavy (non-hydrogen) atoms. The Morgan fingerprint density at radius 1 is 1.12 bits per heavy atom. The van der Waals surface area contributed by atoms with E-state index in [-0.39, 0.29) is 11.9 Å². The molecule has 3 amide bonds. The van der Waals surface area contributed by atoms with Gasteiger partial charge in [0.15, 0.2) is 11.6 Å². The van der Waals surface area contributed by atoms with Crippen molar-refractivity contribution in [2.24, 2.45) is 0 Å². The number of nitrogens with one attached hydrogen (secondary N) is 2. The predicted octanol–water partition coefficient (Wildman–Crippen LogP) is 5.46. The van der Waals surface area contributed by atoms with Gasteiger partial charge in [-0.3, -0.25) is 5.32 Å². The van der Waals surface area contributed by atoms with Crippen LogP contribution in [0.2, 0.25) is 0 Å². The zero-order chi connectivity index (χ0) is 29.8. The number of amides is 3. The standard InChI is InChI=1S/C31H34F2N6O4/c1-30(10-4-16-42-30)24-17-35-27-23(9-8-19(18-39(24)27)20-5-2-7-22(32)25(20)33)36-28(40)38-14-11-31(12-15-38)21-6-3-13-34-26(21)37-29(41)43-31/h2-3,5-7,13,17,19,23H,4,8-12,14-16,18H2,1H3,(H,36,40)(H,34,37,41)/t19-,23-,30?/m1/s1. The first kappa shape index (κ1) is 27.8. The summed E-state index contributed by atoms with van der Waals surface area (Å²) in [7, 11) is 0. The van der Waals surface area contributed by atoms with Crippen LogP contribution in [-0.4, -0.2) is 51.3 Å². The van der Waals surface area contributed by atoms with Crippen LogP contribution in [0.1, 0.15) is 80.1 Å². The third-order valence-electron chi connectivity index (χ3n) is 9.55. The predicted molar refractivity (Wildman–Crippen MR) is 151 cm³/mol. The average Bonchev–Trinajstić information content (AvgIpc) is 3.59. The maximum Gasteiger partial charge on any atom is 0.413 e. The number of aromatic nitrogens is 3. The molecule has 7 rings (SSSR count). The Balaban J connectivity index is 1.13. The Labute approximate surface area is 247 Å². The minimum absolute atomic E-state index is 0.249. The lowest BCUT2D eigenvalue weighted by atomic mass is 9.83. The van der Waals surface area contributed by atoms with Gasteiger partial charge in [-0.2, -0.15) is 0 Å². The van der Waals surface area contributed by atoms with E-state index >= 15 is 0 Å². The Morgan fingerprint density at radius 3 is 2.74 bits per heavy atom. The molecule has 2 aromatic heterocycles. The van der Waals surface area contributed by atoms with Crippen LogP contribution in [0.5, 0.6) is 0 Å². The zero-order valence-electron chi connectivity index (χ0n) is 23.9. The number of imidazole rings is 1. The van der Waals surface area contributed by atoms with E-state index in [1.165, 1.54) is 6.07 Å². The number of anilines is 1. The third kappa shape index (κ3) is 4.81. The summed E-state index contributed by atoms with van der Waals surface area (Å²) in [6.07, 6.45) is 6.51. The van der Waals surface area contributed by atoms with Gasteiger partial charge in [0.25, 0.3) is 0 Å². The molecule has 2 saturated heterocycles. The van der Waals surface area contributed by atoms with E-state index < -0.39 is 35.0 Å². The van der Waals surface area contributed by atoms with Crippen molar-refractivity contribution >= 4 is 17.9 Å². The molecule has 4 aliphatic rings. The van der Waals surface area contributed by atoms with Crippen molar-refractivity contribution in [1.82, 2.24) is 24.8 Å². The highest BCUT2D eigenvalue weighted by Gasteiger charge is 2.46. The summed E-state index contributed by atoms with van der Waals surface area (Å²) >= 11 is 0. The summed E-state index contributed by atoms with van der Waals surface area (Å²) in [5.41, 5.74) is 0.625. The molecule has 0 aliphatic carbocycles. The largest absolute Gasteiger partial charge is 0.437 e. The van der Waals surface area contributed by atoms with Gasteiger partial charge in [0.05, 0.1) is 17.9 Å². The van der Waals surface area contributed by atoms with Gasteiger partial charge >= 0.3 is 12.1 Å². The van der Waals surface area contributed by atoms with Gasteiger partial charge in [-0.15, -0.1) is 0 Å². The van der Waals surface area contributed by atoms with E-state index in [0.29, 0.717) is 69.1 Å². The first-order valence-corrected chi connectivity index (χ1v) is 14.9. The van der Waals surface area contributed by atoms with E-state index in [1.54, 1.807) is 23.4 Å². The molecule has 1 spiro atoms. The number of piperidine rings is 1. The van der Waals surface area contributed by atoms with Crippen LogP contribution in [-0.2, 0) is 27.2 Å². The number of halogens is 2. The molecule has 6 heterocycles. The Morgan fingerprint density at radius 2 is 1.95 bits per heavy atom. The molecule has 2 N–H and O–H groups in total. The third-order valence-corrected chi connectivity index (χ3v) is 9.55. The molecule has 0 radical (unpaired) electrons. The van der Waals surface area contributed by atoms with E-state index in [0.717, 1.165) is 30.2 Å². The van der Waals surface area contributed by atoms with Crippen LogP contribution in [0.4, 0.5) is 24.2 Å². The minimum atomic E-state index is -0.871. The molecule has 2 fully saturated rings. The molecule has 3 atom stereocenters. The smallest absolute Gasteiger partial charge is 0.413 e. The van der Waals surface area contributed by atoms with Crippen molar-refractivity contribution in [3.05, 3.63) is 77.0 Å². The number of carbonyl (C=O) groups is 2. The Hall–Kier alpha value is -4.06. The Kier molecular flexibility index (Phi) is 6.83. The second-order valence-electron chi connectivity index (χ2n) is 12.1. The lowest BCUT2D eigenvalue weighted by molar-refractivity contribution is -0.0308. The fourth-order valence-electron chi connectivity index (χ4n) is 7.21. The lowest BCUT2D eigenvalue weighted by Gasteiger charge is -2.43. The molecule has 0 bridgehead atoms. The van der Waals surface area contributed by atoms with Gasteiger partial charge in [0, 0.05) is 56.8 Å². The van der Waals surface area contributed by atoms with Crippen molar-refractivity contribution in [2.75, 3.05) is 25.0 Å². The van der Waals surface area contributed by atoms with Crippen LogP contribution >= 0.6 is 0 Å². The molecular weight excluding hydrogens is 558 g/mol. The molecule has 12 heteroatoms. The maximum absolute atomic E-state index is 15.0. The molecular formula is C31H34F2N6O4.